The van der Waals surface area contributed by atoms with Gasteiger partial charge in [0.15, 0.2) is 0 Å². The van der Waals surface area contributed by atoms with Gasteiger partial charge in [0.25, 0.3) is 0 Å². The first-order valence-corrected chi connectivity index (χ1v) is 6.25. The number of fused-ring (bicyclic) bond motifs is 2. The van der Waals surface area contributed by atoms with Gasteiger partial charge >= 0.3 is 0 Å². The SMILES string of the molecule is CNc1nccc(N2CC3CCC(C2)N3C)n1. The molecule has 2 saturated heterocycles. The molecule has 1 aromatic heterocycles. The average molecular weight is 233 g/mol. The van der Waals surface area contributed by atoms with Gasteiger partial charge in [0.05, 0.1) is 0 Å². The summed E-state index contributed by atoms with van der Waals surface area (Å²) in [5.41, 5.74) is 0. The van der Waals surface area contributed by atoms with Crippen molar-refractivity contribution < 1.29 is 0 Å². The van der Waals surface area contributed by atoms with Crippen LogP contribution >= 0.6 is 0 Å². The topological polar surface area (TPSA) is 44.3 Å². The quantitative estimate of drug-likeness (QED) is 0.818. The molecule has 0 aromatic carbocycles. The number of aromatic nitrogens is 2. The van der Waals surface area contributed by atoms with Crippen LogP contribution in [0.3, 0.4) is 0 Å². The fourth-order valence-electron chi connectivity index (χ4n) is 2.95. The molecule has 2 bridgehead atoms. The third-order valence-corrected chi connectivity index (χ3v) is 4.04. The Morgan fingerprint density at radius 2 is 2.00 bits per heavy atom. The van der Waals surface area contributed by atoms with Gasteiger partial charge in [-0.1, -0.05) is 0 Å². The Morgan fingerprint density at radius 3 is 2.65 bits per heavy atom. The highest BCUT2D eigenvalue weighted by molar-refractivity contribution is 5.43. The molecule has 0 amide bonds. The Bertz CT molecular complexity index is 394. The normalized spacial score (nSPS) is 28.5. The Kier molecular flexibility index (Phi) is 2.63. The fraction of sp³-hybridized carbons (Fsp3) is 0.667. The number of hydrogen-bond acceptors (Lipinski definition) is 5. The van der Waals surface area contributed by atoms with E-state index in [2.05, 4.69) is 32.1 Å². The van der Waals surface area contributed by atoms with E-state index in [1.54, 1.807) is 0 Å². The van der Waals surface area contributed by atoms with Crippen molar-refractivity contribution in [3.05, 3.63) is 12.3 Å². The lowest BCUT2D eigenvalue weighted by Gasteiger charge is -2.39. The molecule has 2 fully saturated rings. The molecule has 2 unspecified atom stereocenters. The summed E-state index contributed by atoms with van der Waals surface area (Å²) in [4.78, 5) is 13.6. The standard InChI is InChI=1S/C12H19N5/c1-13-12-14-6-5-11(15-12)17-7-9-3-4-10(8-17)16(9)2/h5-6,9-10H,3-4,7-8H2,1-2H3,(H,13,14,15). The molecule has 1 aromatic rings. The third kappa shape index (κ3) is 1.84. The molecule has 1 N–H and O–H groups in total. The zero-order valence-corrected chi connectivity index (χ0v) is 10.4. The number of anilines is 2. The Labute approximate surface area is 102 Å². The van der Waals surface area contributed by atoms with Crippen molar-refractivity contribution in [1.29, 1.82) is 0 Å². The molecule has 3 heterocycles. The molecule has 0 spiro atoms. The minimum absolute atomic E-state index is 0.696. The predicted octanol–water partition coefficient (Wildman–Crippen LogP) is 0.801. The van der Waals surface area contributed by atoms with Crippen LogP contribution in [0.1, 0.15) is 12.8 Å². The van der Waals surface area contributed by atoms with Crippen molar-refractivity contribution >= 4 is 11.8 Å². The Morgan fingerprint density at radius 1 is 1.29 bits per heavy atom. The monoisotopic (exact) mass is 233 g/mol. The van der Waals surface area contributed by atoms with E-state index in [4.69, 9.17) is 0 Å². The van der Waals surface area contributed by atoms with Crippen LogP contribution in [0, 0.1) is 0 Å². The van der Waals surface area contributed by atoms with Crippen molar-refractivity contribution in [1.82, 2.24) is 14.9 Å². The van der Waals surface area contributed by atoms with Gasteiger partial charge in [0.2, 0.25) is 5.95 Å². The van der Waals surface area contributed by atoms with Gasteiger partial charge in [-0.3, -0.25) is 4.90 Å². The summed E-state index contributed by atoms with van der Waals surface area (Å²) >= 11 is 0. The van der Waals surface area contributed by atoms with E-state index in [0.717, 1.165) is 18.9 Å². The minimum atomic E-state index is 0.696. The molecule has 0 aliphatic carbocycles. The predicted molar refractivity (Wildman–Crippen MR) is 68.4 cm³/mol. The molecule has 2 atom stereocenters. The molecule has 2 aliphatic rings. The van der Waals surface area contributed by atoms with Gasteiger partial charge in [-0.15, -0.1) is 0 Å². The minimum Gasteiger partial charge on any atom is -0.357 e. The maximum Gasteiger partial charge on any atom is 0.224 e. The van der Waals surface area contributed by atoms with Crippen LogP contribution in [0.15, 0.2) is 12.3 Å². The number of likely N-dealkylation sites (N-methyl/N-ethyl adjacent to an activating group) is 1. The first kappa shape index (κ1) is 10.8. The zero-order valence-electron chi connectivity index (χ0n) is 10.4. The van der Waals surface area contributed by atoms with Crippen molar-refractivity contribution in [3.8, 4) is 0 Å². The summed E-state index contributed by atoms with van der Waals surface area (Å²) in [5, 5.41) is 2.99. The largest absolute Gasteiger partial charge is 0.357 e. The molecule has 0 saturated carbocycles. The molecular formula is C12H19N5. The zero-order chi connectivity index (χ0) is 11.8. The maximum absolute atomic E-state index is 4.52. The lowest BCUT2D eigenvalue weighted by atomic mass is 10.2. The molecular weight excluding hydrogens is 214 g/mol. The maximum atomic E-state index is 4.52. The average Bonchev–Trinajstić information content (AvgIpc) is 2.61. The fourth-order valence-corrected chi connectivity index (χ4v) is 2.95. The number of nitrogens with one attached hydrogen (secondary N) is 1. The molecule has 17 heavy (non-hydrogen) atoms. The second-order valence-corrected chi connectivity index (χ2v) is 4.94. The lowest BCUT2D eigenvalue weighted by Crippen LogP contribution is -2.52. The van der Waals surface area contributed by atoms with Crippen LogP contribution in [0.25, 0.3) is 0 Å². The van der Waals surface area contributed by atoms with Crippen LogP contribution < -0.4 is 10.2 Å². The second-order valence-electron chi connectivity index (χ2n) is 4.94. The van der Waals surface area contributed by atoms with Crippen molar-refractivity contribution in [2.75, 3.05) is 37.4 Å². The van der Waals surface area contributed by atoms with Gasteiger partial charge in [0.1, 0.15) is 5.82 Å². The van der Waals surface area contributed by atoms with Crippen LogP contribution in [-0.4, -0.2) is 54.1 Å². The van der Waals surface area contributed by atoms with Gasteiger partial charge in [-0.05, 0) is 26.0 Å². The molecule has 5 nitrogen and oxygen atoms in total. The summed E-state index contributed by atoms with van der Waals surface area (Å²) in [6.45, 7) is 2.18. The van der Waals surface area contributed by atoms with Gasteiger partial charge in [0, 0.05) is 38.4 Å². The van der Waals surface area contributed by atoms with Crippen LogP contribution in [0.2, 0.25) is 0 Å². The molecule has 2 aliphatic heterocycles. The number of rotatable bonds is 2. The molecule has 92 valence electrons. The summed E-state index contributed by atoms with van der Waals surface area (Å²) in [6.07, 6.45) is 4.47. The van der Waals surface area contributed by atoms with Crippen LogP contribution in [-0.2, 0) is 0 Å². The summed E-state index contributed by atoms with van der Waals surface area (Å²) in [5.74, 6) is 1.75. The first-order valence-electron chi connectivity index (χ1n) is 6.25. The third-order valence-electron chi connectivity index (χ3n) is 4.04. The van der Waals surface area contributed by atoms with Crippen molar-refractivity contribution in [2.24, 2.45) is 0 Å². The van der Waals surface area contributed by atoms with E-state index in [0.29, 0.717) is 18.0 Å². The smallest absolute Gasteiger partial charge is 0.224 e. The first-order chi connectivity index (χ1) is 8.28. The van der Waals surface area contributed by atoms with E-state index in [1.807, 2.05) is 19.3 Å². The Hall–Kier alpha value is -1.36. The molecule has 0 radical (unpaired) electrons. The van der Waals surface area contributed by atoms with Gasteiger partial charge in [-0.25, -0.2) is 4.98 Å². The number of hydrogen-bond donors (Lipinski definition) is 1. The summed E-state index contributed by atoms with van der Waals surface area (Å²) in [7, 11) is 4.10. The van der Waals surface area contributed by atoms with Gasteiger partial charge < -0.3 is 10.2 Å². The molecule has 3 rings (SSSR count). The highest BCUT2D eigenvalue weighted by Crippen LogP contribution is 2.30. The van der Waals surface area contributed by atoms with Crippen LogP contribution in [0.4, 0.5) is 11.8 Å². The highest BCUT2D eigenvalue weighted by atomic mass is 15.3. The number of piperazine rings is 1. The number of nitrogens with zero attached hydrogens (tertiary/aromatic N) is 4. The molecule has 5 heteroatoms. The highest BCUT2D eigenvalue weighted by Gasteiger charge is 2.37. The van der Waals surface area contributed by atoms with Gasteiger partial charge in [-0.2, -0.15) is 4.98 Å². The van der Waals surface area contributed by atoms with E-state index in [1.165, 1.54) is 12.8 Å². The van der Waals surface area contributed by atoms with Crippen molar-refractivity contribution in [3.63, 3.8) is 0 Å². The van der Waals surface area contributed by atoms with E-state index in [-0.39, 0.29) is 0 Å². The second kappa shape index (κ2) is 4.14. The summed E-state index contributed by atoms with van der Waals surface area (Å²) < 4.78 is 0. The lowest BCUT2D eigenvalue weighted by molar-refractivity contribution is 0.212. The van der Waals surface area contributed by atoms with Crippen LogP contribution in [0.5, 0.6) is 0 Å². The van der Waals surface area contributed by atoms with Crippen molar-refractivity contribution in [2.45, 2.75) is 24.9 Å². The Balaban J connectivity index is 1.81. The van der Waals surface area contributed by atoms with E-state index in [9.17, 15) is 0 Å². The van der Waals surface area contributed by atoms with E-state index < -0.39 is 0 Å². The van der Waals surface area contributed by atoms with E-state index >= 15 is 0 Å². The summed E-state index contributed by atoms with van der Waals surface area (Å²) in [6, 6.07) is 3.40.